The van der Waals surface area contributed by atoms with Gasteiger partial charge in [0.25, 0.3) is 0 Å². The van der Waals surface area contributed by atoms with Crippen molar-refractivity contribution in [2.24, 2.45) is 0 Å². The molecule has 2 heteroatoms. The van der Waals surface area contributed by atoms with Gasteiger partial charge in [-0.2, -0.15) is 0 Å². The van der Waals surface area contributed by atoms with Gasteiger partial charge >= 0.3 is 0 Å². The second-order valence-corrected chi connectivity index (χ2v) is 3.28. The Hall–Kier alpha value is -1.02. The second-order valence-electron chi connectivity index (χ2n) is 3.28. The lowest BCUT2D eigenvalue weighted by molar-refractivity contribution is 0.314. The van der Waals surface area contributed by atoms with E-state index in [-0.39, 0.29) is 6.61 Å². The molecule has 0 aliphatic carbocycles. The van der Waals surface area contributed by atoms with E-state index in [1.54, 1.807) is 7.11 Å². The van der Waals surface area contributed by atoms with Crippen LogP contribution >= 0.6 is 0 Å². The number of rotatable bonds is 4. The molecule has 0 spiro atoms. The van der Waals surface area contributed by atoms with Crippen molar-refractivity contribution >= 4 is 0 Å². The van der Waals surface area contributed by atoms with Gasteiger partial charge in [-0.3, -0.25) is 0 Å². The standard InChI is InChI=1S/C12H17O2/c1-4-10-11(9(2)8-13)6-5-7-12(10)14-3/h5-7,13H,4,8H2,1-3H3. The zero-order chi connectivity index (χ0) is 10.6. The van der Waals surface area contributed by atoms with E-state index in [0.717, 1.165) is 23.7 Å². The van der Waals surface area contributed by atoms with E-state index >= 15 is 0 Å². The Morgan fingerprint density at radius 3 is 2.64 bits per heavy atom. The lowest BCUT2D eigenvalue weighted by Crippen LogP contribution is -2.05. The number of ether oxygens (including phenoxy) is 1. The average molecular weight is 193 g/mol. The van der Waals surface area contributed by atoms with Gasteiger partial charge in [0, 0.05) is 5.92 Å². The van der Waals surface area contributed by atoms with Crippen molar-refractivity contribution in [3.05, 3.63) is 35.2 Å². The molecule has 77 valence electrons. The van der Waals surface area contributed by atoms with Crippen LogP contribution in [0.4, 0.5) is 0 Å². The maximum absolute atomic E-state index is 9.09. The number of aliphatic hydroxyl groups is 1. The molecule has 0 saturated carbocycles. The van der Waals surface area contributed by atoms with Gasteiger partial charge in [-0.15, -0.1) is 0 Å². The Kier molecular flexibility index (Phi) is 3.96. The van der Waals surface area contributed by atoms with Crippen LogP contribution in [0.15, 0.2) is 18.2 Å². The van der Waals surface area contributed by atoms with E-state index in [9.17, 15) is 0 Å². The highest BCUT2D eigenvalue weighted by Crippen LogP contribution is 2.27. The highest BCUT2D eigenvalue weighted by Gasteiger charge is 2.12. The first-order valence-corrected chi connectivity index (χ1v) is 4.84. The first kappa shape index (κ1) is 11.1. The maximum Gasteiger partial charge on any atom is 0.122 e. The van der Waals surface area contributed by atoms with Gasteiger partial charge in [0.05, 0.1) is 13.7 Å². The first-order valence-electron chi connectivity index (χ1n) is 4.84. The van der Waals surface area contributed by atoms with E-state index in [4.69, 9.17) is 9.84 Å². The predicted octanol–water partition coefficient (Wildman–Crippen LogP) is 2.19. The minimum Gasteiger partial charge on any atom is -0.496 e. The summed E-state index contributed by atoms with van der Waals surface area (Å²) >= 11 is 0. The highest BCUT2D eigenvalue weighted by atomic mass is 16.5. The van der Waals surface area contributed by atoms with Crippen molar-refractivity contribution in [3.63, 3.8) is 0 Å². The molecule has 0 amide bonds. The number of hydrogen-bond donors (Lipinski definition) is 1. The summed E-state index contributed by atoms with van der Waals surface area (Å²) in [5.41, 5.74) is 2.27. The molecular weight excluding hydrogens is 176 g/mol. The Morgan fingerprint density at radius 1 is 1.43 bits per heavy atom. The van der Waals surface area contributed by atoms with Crippen LogP contribution in [0.1, 0.15) is 25.0 Å². The molecule has 0 saturated heterocycles. The second kappa shape index (κ2) is 5.01. The van der Waals surface area contributed by atoms with E-state index in [1.165, 1.54) is 5.56 Å². The lowest BCUT2D eigenvalue weighted by atomic mass is 9.94. The van der Waals surface area contributed by atoms with Crippen LogP contribution in [0.25, 0.3) is 0 Å². The van der Waals surface area contributed by atoms with Crippen LogP contribution in [-0.4, -0.2) is 18.8 Å². The number of benzene rings is 1. The SMILES string of the molecule is CCc1c(OC)cccc1[C](C)CO. The molecule has 0 aliphatic rings. The smallest absolute Gasteiger partial charge is 0.122 e. The Balaban J connectivity index is 3.14. The van der Waals surface area contributed by atoms with Gasteiger partial charge in [0.15, 0.2) is 0 Å². The molecule has 1 N–H and O–H groups in total. The van der Waals surface area contributed by atoms with Crippen molar-refractivity contribution < 1.29 is 9.84 Å². The summed E-state index contributed by atoms with van der Waals surface area (Å²) in [6.45, 7) is 4.13. The van der Waals surface area contributed by atoms with Crippen LogP contribution in [0.2, 0.25) is 0 Å². The quantitative estimate of drug-likeness (QED) is 0.794. The molecule has 0 bridgehead atoms. The van der Waals surface area contributed by atoms with Gasteiger partial charge in [-0.25, -0.2) is 0 Å². The number of aliphatic hydroxyl groups excluding tert-OH is 1. The van der Waals surface area contributed by atoms with Gasteiger partial charge < -0.3 is 9.84 Å². The van der Waals surface area contributed by atoms with Crippen LogP contribution in [0, 0.1) is 5.92 Å². The monoisotopic (exact) mass is 193 g/mol. The summed E-state index contributed by atoms with van der Waals surface area (Å²) in [7, 11) is 1.67. The van der Waals surface area contributed by atoms with Gasteiger partial charge in [-0.05, 0) is 23.6 Å². The fourth-order valence-corrected chi connectivity index (χ4v) is 1.61. The van der Waals surface area contributed by atoms with Crippen LogP contribution < -0.4 is 4.74 Å². The average Bonchev–Trinajstić information content (AvgIpc) is 2.26. The summed E-state index contributed by atoms with van der Waals surface area (Å²) in [5.74, 6) is 1.89. The molecular formula is C12H17O2. The summed E-state index contributed by atoms with van der Waals surface area (Å²) in [4.78, 5) is 0. The molecule has 0 unspecified atom stereocenters. The topological polar surface area (TPSA) is 29.5 Å². The number of methoxy groups -OCH3 is 1. The summed E-state index contributed by atoms with van der Waals surface area (Å²) in [5, 5.41) is 9.09. The van der Waals surface area contributed by atoms with Crippen molar-refractivity contribution in [3.8, 4) is 5.75 Å². The van der Waals surface area contributed by atoms with Crippen LogP contribution in [0.3, 0.4) is 0 Å². The van der Waals surface area contributed by atoms with Gasteiger partial charge in [0.1, 0.15) is 5.75 Å². The molecule has 1 rings (SSSR count). The van der Waals surface area contributed by atoms with Crippen molar-refractivity contribution in [2.45, 2.75) is 20.3 Å². The van der Waals surface area contributed by atoms with Crippen molar-refractivity contribution in [1.29, 1.82) is 0 Å². The minimum absolute atomic E-state index is 0.0974. The highest BCUT2D eigenvalue weighted by molar-refractivity contribution is 5.46. The third kappa shape index (κ3) is 2.07. The van der Waals surface area contributed by atoms with Gasteiger partial charge in [0.2, 0.25) is 0 Å². The maximum atomic E-state index is 9.09. The van der Waals surface area contributed by atoms with E-state index in [1.807, 2.05) is 25.1 Å². The Bertz CT molecular complexity index is 294. The van der Waals surface area contributed by atoms with Crippen molar-refractivity contribution in [2.75, 3.05) is 13.7 Å². The fourth-order valence-electron chi connectivity index (χ4n) is 1.61. The largest absolute Gasteiger partial charge is 0.496 e. The molecule has 2 nitrogen and oxygen atoms in total. The van der Waals surface area contributed by atoms with Crippen LogP contribution in [-0.2, 0) is 6.42 Å². The lowest BCUT2D eigenvalue weighted by Gasteiger charge is -2.15. The summed E-state index contributed by atoms with van der Waals surface area (Å²) in [6, 6.07) is 5.92. The molecule has 0 heterocycles. The predicted molar refractivity (Wildman–Crippen MR) is 57.5 cm³/mol. The third-order valence-electron chi connectivity index (χ3n) is 2.40. The van der Waals surface area contributed by atoms with E-state index < -0.39 is 0 Å². The third-order valence-corrected chi connectivity index (χ3v) is 2.40. The zero-order valence-electron chi connectivity index (χ0n) is 9.00. The van der Waals surface area contributed by atoms with Crippen molar-refractivity contribution in [1.82, 2.24) is 0 Å². The molecule has 14 heavy (non-hydrogen) atoms. The molecule has 1 radical (unpaired) electrons. The summed E-state index contributed by atoms with van der Waals surface area (Å²) < 4.78 is 5.28. The van der Waals surface area contributed by atoms with E-state index in [0.29, 0.717) is 0 Å². The van der Waals surface area contributed by atoms with E-state index in [2.05, 4.69) is 6.92 Å². The molecule has 0 aliphatic heterocycles. The number of hydrogen-bond acceptors (Lipinski definition) is 2. The molecule has 0 aromatic heterocycles. The molecule has 1 aromatic rings. The van der Waals surface area contributed by atoms with Crippen LogP contribution in [0.5, 0.6) is 5.75 Å². The fraction of sp³-hybridized carbons (Fsp3) is 0.417. The molecule has 0 atom stereocenters. The Morgan fingerprint density at radius 2 is 2.14 bits per heavy atom. The molecule has 1 aromatic carbocycles. The van der Waals surface area contributed by atoms with Gasteiger partial charge in [-0.1, -0.05) is 26.0 Å². The first-order chi connectivity index (χ1) is 6.74. The zero-order valence-corrected chi connectivity index (χ0v) is 9.00. The summed E-state index contributed by atoms with van der Waals surface area (Å²) in [6.07, 6.45) is 0.913. The normalized spacial score (nSPS) is 10.6. The molecule has 0 fully saturated rings. The Labute approximate surface area is 85.5 Å². The minimum atomic E-state index is 0.0974.